The Balaban J connectivity index is 1.34. The fourth-order valence-electron chi connectivity index (χ4n) is 6.99. The molecule has 2 aromatic rings. The van der Waals surface area contributed by atoms with E-state index >= 15 is 8.78 Å². The number of nitrogens with one attached hydrogen (secondary N) is 3. The number of anilines is 1. The van der Waals surface area contributed by atoms with Crippen LogP contribution in [0.3, 0.4) is 0 Å². The third-order valence-corrected chi connectivity index (χ3v) is 10.9. The second-order valence-corrected chi connectivity index (χ2v) is 14.3. The Labute approximate surface area is 286 Å². The Morgan fingerprint density at radius 3 is 2.39 bits per heavy atom. The van der Waals surface area contributed by atoms with E-state index in [1.165, 1.54) is 12.1 Å². The molecule has 12 nitrogen and oxygen atoms in total. The average molecular weight is 686 g/mol. The molecule has 1 saturated heterocycles. The molecule has 49 heavy (non-hydrogen) atoms. The van der Waals surface area contributed by atoms with E-state index in [9.17, 15) is 19.2 Å². The largest absolute Gasteiger partial charge is 0.341 e. The zero-order valence-corrected chi connectivity index (χ0v) is 29.1. The number of carbonyl (C=O) groups excluding carboxylic acids is 4. The van der Waals surface area contributed by atoms with E-state index in [4.69, 9.17) is 4.63 Å². The standard InChI is InChI=1S/C35H49F2N7O5/c1-6-26-30(42-49-41-26)32(46)39-29(23-10-8-20(2)9-11-23)31(45)38-27-13-12-24(18-25(27)36)22(4)28(40-34(48)35(37)14-7-15-35)33(47)44-17-16-43(5)21(3)19-44/h12-13,18,20-23,28-29H,6-11,14-17,19H2,1-5H3,(H,38,45)(H,39,46)(H,40,48)/t20?,21-,22+,23?,28-,29+/m1/s1. The van der Waals surface area contributed by atoms with Crippen molar-refractivity contribution >= 4 is 29.3 Å². The minimum absolute atomic E-state index is 0.00668. The van der Waals surface area contributed by atoms with Gasteiger partial charge in [-0.2, -0.15) is 0 Å². The van der Waals surface area contributed by atoms with Crippen LogP contribution in [-0.4, -0.2) is 94.2 Å². The summed E-state index contributed by atoms with van der Waals surface area (Å²) in [4.78, 5) is 57.5. The highest BCUT2D eigenvalue weighted by atomic mass is 19.1. The maximum Gasteiger partial charge on any atom is 0.276 e. The second kappa shape index (κ2) is 15.3. The molecule has 2 aliphatic carbocycles. The molecular formula is C35H49F2N7O5. The molecule has 14 heteroatoms. The first kappa shape index (κ1) is 36.3. The molecule has 1 aromatic carbocycles. The molecule has 268 valence electrons. The summed E-state index contributed by atoms with van der Waals surface area (Å²) in [5, 5.41) is 15.6. The molecule has 2 heterocycles. The first-order valence-corrected chi connectivity index (χ1v) is 17.5. The summed E-state index contributed by atoms with van der Waals surface area (Å²) in [6, 6.07) is 2.22. The number of alkyl halides is 1. The molecule has 3 aliphatic rings. The van der Waals surface area contributed by atoms with Crippen molar-refractivity contribution in [1.82, 2.24) is 30.7 Å². The minimum Gasteiger partial charge on any atom is -0.341 e. The van der Waals surface area contributed by atoms with Gasteiger partial charge in [-0.25, -0.2) is 13.4 Å². The summed E-state index contributed by atoms with van der Waals surface area (Å²) in [5.41, 5.74) is -1.34. The van der Waals surface area contributed by atoms with Crippen molar-refractivity contribution in [2.24, 2.45) is 11.8 Å². The van der Waals surface area contributed by atoms with Gasteiger partial charge in [0.05, 0.1) is 5.69 Å². The van der Waals surface area contributed by atoms with E-state index in [2.05, 4.69) is 38.1 Å². The summed E-state index contributed by atoms with van der Waals surface area (Å²) in [6.07, 6.45) is 4.41. The lowest BCUT2D eigenvalue weighted by Gasteiger charge is -2.41. The van der Waals surface area contributed by atoms with E-state index in [1.807, 2.05) is 14.0 Å². The Bertz CT molecular complexity index is 1520. The Morgan fingerprint density at radius 2 is 1.78 bits per heavy atom. The normalized spacial score (nSPS) is 24.2. The van der Waals surface area contributed by atoms with E-state index < -0.39 is 47.2 Å². The summed E-state index contributed by atoms with van der Waals surface area (Å²) >= 11 is 0. The van der Waals surface area contributed by atoms with Gasteiger partial charge >= 0.3 is 0 Å². The van der Waals surface area contributed by atoms with Crippen LogP contribution < -0.4 is 16.0 Å². The predicted octanol–water partition coefficient (Wildman–Crippen LogP) is 3.98. The van der Waals surface area contributed by atoms with Gasteiger partial charge in [-0.1, -0.05) is 44.8 Å². The molecule has 0 radical (unpaired) electrons. The molecule has 2 saturated carbocycles. The summed E-state index contributed by atoms with van der Waals surface area (Å²) < 4.78 is 35.6. The van der Waals surface area contributed by atoms with Crippen LogP contribution in [-0.2, 0) is 20.8 Å². The lowest BCUT2D eigenvalue weighted by atomic mass is 9.79. The zero-order valence-electron chi connectivity index (χ0n) is 29.1. The highest BCUT2D eigenvalue weighted by Crippen LogP contribution is 2.37. The van der Waals surface area contributed by atoms with E-state index in [0.717, 1.165) is 12.8 Å². The van der Waals surface area contributed by atoms with Crippen LogP contribution in [0.2, 0.25) is 0 Å². The van der Waals surface area contributed by atoms with Crippen molar-refractivity contribution in [2.75, 3.05) is 32.0 Å². The quantitative estimate of drug-likeness (QED) is 0.322. The Hall–Kier alpha value is -3.94. The molecule has 0 spiro atoms. The van der Waals surface area contributed by atoms with Crippen molar-refractivity contribution in [3.63, 3.8) is 0 Å². The van der Waals surface area contributed by atoms with Crippen LogP contribution in [0.5, 0.6) is 0 Å². The predicted molar refractivity (Wildman–Crippen MR) is 178 cm³/mol. The molecule has 3 N–H and O–H groups in total. The summed E-state index contributed by atoms with van der Waals surface area (Å²) in [7, 11) is 1.98. The van der Waals surface area contributed by atoms with Crippen molar-refractivity contribution in [1.29, 1.82) is 0 Å². The van der Waals surface area contributed by atoms with Crippen LogP contribution in [0.25, 0.3) is 0 Å². The smallest absolute Gasteiger partial charge is 0.276 e. The lowest BCUT2D eigenvalue weighted by Crippen LogP contribution is -2.60. The van der Waals surface area contributed by atoms with Gasteiger partial charge in [-0.15, -0.1) is 0 Å². The molecule has 1 aromatic heterocycles. The van der Waals surface area contributed by atoms with Crippen LogP contribution in [0.15, 0.2) is 22.8 Å². The number of rotatable bonds is 11. The van der Waals surface area contributed by atoms with Gasteiger partial charge in [-0.3, -0.25) is 19.2 Å². The topological polar surface area (TPSA) is 150 Å². The second-order valence-electron chi connectivity index (χ2n) is 14.3. The number of carbonyl (C=O) groups is 4. The number of benzene rings is 1. The van der Waals surface area contributed by atoms with Gasteiger partial charge in [0.15, 0.2) is 11.4 Å². The average Bonchev–Trinajstić information content (AvgIpc) is 3.56. The number of halogens is 2. The first-order valence-electron chi connectivity index (χ1n) is 17.5. The van der Waals surface area contributed by atoms with E-state index in [0.29, 0.717) is 62.5 Å². The Kier molecular flexibility index (Phi) is 11.4. The third kappa shape index (κ3) is 8.11. The number of hydrogen-bond acceptors (Lipinski definition) is 8. The molecule has 4 amide bonds. The molecule has 0 bridgehead atoms. The number of aryl methyl sites for hydroxylation is 1. The van der Waals surface area contributed by atoms with Crippen molar-refractivity contribution in [3.8, 4) is 0 Å². The molecule has 5 rings (SSSR count). The van der Waals surface area contributed by atoms with Crippen LogP contribution >= 0.6 is 0 Å². The number of piperazine rings is 1. The van der Waals surface area contributed by atoms with Crippen molar-refractivity contribution < 1.29 is 32.6 Å². The van der Waals surface area contributed by atoms with Gasteiger partial charge in [0.2, 0.25) is 11.8 Å². The van der Waals surface area contributed by atoms with E-state index in [1.54, 1.807) is 24.8 Å². The van der Waals surface area contributed by atoms with Gasteiger partial charge in [-0.05, 0) is 87.2 Å². The summed E-state index contributed by atoms with van der Waals surface area (Å²) in [6.45, 7) is 9.19. The van der Waals surface area contributed by atoms with Crippen molar-refractivity contribution in [2.45, 2.75) is 109 Å². The molecule has 4 atom stereocenters. The highest BCUT2D eigenvalue weighted by Gasteiger charge is 2.47. The number of amides is 4. The maximum absolute atomic E-state index is 15.8. The van der Waals surface area contributed by atoms with Crippen LogP contribution in [0.4, 0.5) is 14.5 Å². The highest BCUT2D eigenvalue weighted by molar-refractivity contribution is 6.01. The number of aromatic nitrogens is 2. The number of hydrogen-bond donors (Lipinski definition) is 3. The van der Waals surface area contributed by atoms with Crippen LogP contribution in [0, 0.1) is 17.7 Å². The number of nitrogens with zero attached hydrogens (tertiary/aromatic N) is 4. The molecule has 1 aliphatic heterocycles. The van der Waals surface area contributed by atoms with E-state index in [-0.39, 0.29) is 42.1 Å². The van der Waals surface area contributed by atoms with Gasteiger partial charge in [0.1, 0.15) is 23.6 Å². The molecule has 0 unspecified atom stereocenters. The van der Waals surface area contributed by atoms with Gasteiger partial charge in [0.25, 0.3) is 11.8 Å². The van der Waals surface area contributed by atoms with Crippen molar-refractivity contribution in [3.05, 3.63) is 41.0 Å². The SMILES string of the molecule is CCc1nonc1C(=O)N[C@H](C(=O)Nc1ccc([C@H](C)[C@@H](NC(=O)C2(F)CCC2)C(=O)N2CCN(C)[C@H](C)C2)cc1F)C1CCC(C)CC1. The van der Waals surface area contributed by atoms with Gasteiger partial charge < -0.3 is 25.8 Å². The zero-order chi connectivity index (χ0) is 35.5. The fraction of sp³-hybridized carbons (Fsp3) is 0.657. The Morgan fingerprint density at radius 1 is 1.06 bits per heavy atom. The molecule has 3 fully saturated rings. The summed E-state index contributed by atoms with van der Waals surface area (Å²) in [5.74, 6) is -3.47. The minimum atomic E-state index is -2.02. The fourth-order valence-corrected chi connectivity index (χ4v) is 6.99. The first-order chi connectivity index (χ1) is 23.3. The lowest BCUT2D eigenvalue weighted by molar-refractivity contribution is -0.145. The maximum atomic E-state index is 15.8. The van der Waals surface area contributed by atoms with Crippen LogP contribution in [0.1, 0.15) is 100 Å². The van der Waals surface area contributed by atoms with Gasteiger partial charge in [0, 0.05) is 31.6 Å². The molecular weight excluding hydrogens is 636 g/mol. The third-order valence-electron chi connectivity index (χ3n) is 10.9. The number of likely N-dealkylation sites (N-methyl/N-ethyl adjacent to an activating group) is 1. The monoisotopic (exact) mass is 685 g/mol.